The molecule has 0 radical (unpaired) electrons. The Labute approximate surface area is 116 Å². The van der Waals surface area contributed by atoms with Gasteiger partial charge in [-0.3, -0.25) is 4.68 Å². The standard InChI is InChI=1S/C11H10F3N5O2/c1-19-5-16-10(17-19)21-8-3-2-6(11(12,13)14)4-7(8)9(15)18-20/h2-5,20H,1H3,(H2,15,18). The molecule has 0 aliphatic heterocycles. The molecule has 7 nitrogen and oxygen atoms in total. The van der Waals surface area contributed by atoms with Crippen LogP contribution in [0.3, 0.4) is 0 Å². The van der Waals surface area contributed by atoms with Gasteiger partial charge in [0.05, 0.1) is 11.1 Å². The molecule has 0 spiro atoms. The van der Waals surface area contributed by atoms with Crippen molar-refractivity contribution in [3.8, 4) is 11.8 Å². The minimum absolute atomic E-state index is 0.0653. The monoisotopic (exact) mass is 301 g/mol. The van der Waals surface area contributed by atoms with Crippen molar-refractivity contribution in [2.24, 2.45) is 17.9 Å². The van der Waals surface area contributed by atoms with Crippen molar-refractivity contribution in [3.63, 3.8) is 0 Å². The number of hydrogen-bond donors (Lipinski definition) is 2. The second-order valence-corrected chi connectivity index (χ2v) is 4.00. The summed E-state index contributed by atoms with van der Waals surface area (Å²) in [6.07, 6.45) is -3.21. The maximum absolute atomic E-state index is 12.7. The summed E-state index contributed by atoms with van der Waals surface area (Å²) in [6, 6.07) is 2.50. The number of hydrogen-bond acceptors (Lipinski definition) is 5. The zero-order valence-corrected chi connectivity index (χ0v) is 10.7. The van der Waals surface area contributed by atoms with Gasteiger partial charge in [0.15, 0.2) is 5.84 Å². The minimum Gasteiger partial charge on any atom is -0.422 e. The van der Waals surface area contributed by atoms with E-state index in [1.807, 2.05) is 0 Å². The smallest absolute Gasteiger partial charge is 0.416 e. The van der Waals surface area contributed by atoms with Gasteiger partial charge in [0.1, 0.15) is 12.1 Å². The number of aryl methyl sites for hydroxylation is 1. The van der Waals surface area contributed by atoms with Crippen molar-refractivity contribution >= 4 is 5.84 Å². The Morgan fingerprint density at radius 1 is 1.43 bits per heavy atom. The van der Waals surface area contributed by atoms with Gasteiger partial charge in [-0.2, -0.15) is 18.2 Å². The first kappa shape index (κ1) is 14.6. The van der Waals surface area contributed by atoms with Crippen LogP contribution in [0.1, 0.15) is 11.1 Å². The number of nitrogens with zero attached hydrogens (tertiary/aromatic N) is 4. The van der Waals surface area contributed by atoms with Crippen molar-refractivity contribution in [2.45, 2.75) is 6.18 Å². The van der Waals surface area contributed by atoms with Gasteiger partial charge < -0.3 is 15.7 Å². The average Bonchev–Trinajstić information content (AvgIpc) is 2.82. The van der Waals surface area contributed by atoms with E-state index in [2.05, 4.69) is 15.2 Å². The summed E-state index contributed by atoms with van der Waals surface area (Å²) in [6.45, 7) is 0. The van der Waals surface area contributed by atoms with E-state index < -0.39 is 17.6 Å². The summed E-state index contributed by atoms with van der Waals surface area (Å²) in [4.78, 5) is 3.77. The number of alkyl halides is 3. The summed E-state index contributed by atoms with van der Waals surface area (Å²) in [5, 5.41) is 15.2. The highest BCUT2D eigenvalue weighted by Gasteiger charge is 2.31. The van der Waals surface area contributed by atoms with Gasteiger partial charge >= 0.3 is 12.2 Å². The molecule has 0 saturated heterocycles. The fraction of sp³-hybridized carbons (Fsp3) is 0.182. The molecule has 1 heterocycles. The molecule has 3 N–H and O–H groups in total. The molecule has 0 unspecified atom stereocenters. The SMILES string of the molecule is Cn1cnc(Oc2ccc(C(F)(F)F)cc2/C(N)=N/O)n1. The molecule has 0 aliphatic carbocycles. The van der Waals surface area contributed by atoms with Crippen LogP contribution in [0.15, 0.2) is 29.7 Å². The Kier molecular flexibility index (Phi) is 3.70. The summed E-state index contributed by atoms with van der Waals surface area (Å²) in [7, 11) is 1.59. The molecule has 0 amide bonds. The molecule has 2 rings (SSSR count). The molecule has 10 heteroatoms. The van der Waals surface area contributed by atoms with E-state index in [9.17, 15) is 13.2 Å². The number of oxime groups is 1. The lowest BCUT2D eigenvalue weighted by molar-refractivity contribution is -0.137. The van der Waals surface area contributed by atoms with Gasteiger partial charge in [-0.25, -0.2) is 0 Å². The third-order valence-corrected chi connectivity index (χ3v) is 2.47. The number of rotatable bonds is 3. The van der Waals surface area contributed by atoms with Crippen LogP contribution in [0.4, 0.5) is 13.2 Å². The van der Waals surface area contributed by atoms with Gasteiger partial charge in [0.25, 0.3) is 0 Å². The molecule has 1 aromatic heterocycles. The van der Waals surface area contributed by atoms with Crippen molar-refractivity contribution in [1.29, 1.82) is 0 Å². The lowest BCUT2D eigenvalue weighted by atomic mass is 10.1. The van der Waals surface area contributed by atoms with Gasteiger partial charge in [-0.05, 0) is 18.2 Å². The quantitative estimate of drug-likeness (QED) is 0.389. The predicted molar refractivity (Wildman–Crippen MR) is 65.0 cm³/mol. The number of ether oxygens (including phenoxy) is 1. The maximum Gasteiger partial charge on any atom is 0.416 e. The second kappa shape index (κ2) is 5.31. The second-order valence-electron chi connectivity index (χ2n) is 4.00. The molecule has 0 fully saturated rings. The largest absolute Gasteiger partial charge is 0.422 e. The summed E-state index contributed by atoms with van der Waals surface area (Å²) in [5.74, 6) is -0.587. The van der Waals surface area contributed by atoms with Crippen molar-refractivity contribution in [3.05, 3.63) is 35.7 Å². The van der Waals surface area contributed by atoms with Gasteiger partial charge in [-0.1, -0.05) is 5.16 Å². The van der Waals surface area contributed by atoms with E-state index >= 15 is 0 Å². The minimum atomic E-state index is -4.56. The van der Waals surface area contributed by atoms with Crippen LogP contribution < -0.4 is 10.5 Å². The Bertz CT molecular complexity index is 681. The lowest BCUT2D eigenvalue weighted by Gasteiger charge is -2.12. The van der Waals surface area contributed by atoms with Crippen LogP contribution >= 0.6 is 0 Å². The molecule has 21 heavy (non-hydrogen) atoms. The first-order valence-corrected chi connectivity index (χ1v) is 5.54. The van der Waals surface area contributed by atoms with Gasteiger partial charge in [0, 0.05) is 7.05 Å². The summed E-state index contributed by atoms with van der Waals surface area (Å²) < 4.78 is 44.6. The Balaban J connectivity index is 2.45. The summed E-state index contributed by atoms with van der Waals surface area (Å²) >= 11 is 0. The summed E-state index contributed by atoms with van der Waals surface area (Å²) in [5.41, 5.74) is 4.20. The lowest BCUT2D eigenvalue weighted by Crippen LogP contribution is -2.16. The number of amidine groups is 1. The van der Waals surface area contributed by atoms with E-state index in [1.165, 1.54) is 11.0 Å². The van der Waals surface area contributed by atoms with Gasteiger partial charge in [0.2, 0.25) is 0 Å². The highest BCUT2D eigenvalue weighted by molar-refractivity contribution is 5.99. The highest BCUT2D eigenvalue weighted by Crippen LogP contribution is 2.33. The molecule has 112 valence electrons. The number of nitrogens with two attached hydrogens (primary N) is 1. The zero-order chi connectivity index (χ0) is 15.6. The Morgan fingerprint density at radius 3 is 2.67 bits per heavy atom. The number of aromatic nitrogens is 3. The van der Waals surface area contributed by atoms with Crippen LogP contribution in [0.2, 0.25) is 0 Å². The maximum atomic E-state index is 12.7. The number of benzene rings is 1. The average molecular weight is 301 g/mol. The van der Waals surface area contributed by atoms with Crippen LogP contribution in [0.25, 0.3) is 0 Å². The van der Waals surface area contributed by atoms with E-state index in [0.29, 0.717) is 6.07 Å². The molecular weight excluding hydrogens is 291 g/mol. The highest BCUT2D eigenvalue weighted by atomic mass is 19.4. The van der Waals surface area contributed by atoms with Crippen molar-refractivity contribution in [1.82, 2.24) is 14.8 Å². The first-order chi connectivity index (χ1) is 9.81. The van der Waals surface area contributed by atoms with E-state index in [0.717, 1.165) is 12.1 Å². The van der Waals surface area contributed by atoms with Crippen LogP contribution in [0, 0.1) is 0 Å². The number of halogens is 3. The molecule has 0 atom stereocenters. The van der Waals surface area contributed by atoms with Crippen LogP contribution in [0.5, 0.6) is 11.8 Å². The third kappa shape index (κ3) is 3.22. The fourth-order valence-electron chi connectivity index (χ4n) is 1.51. The normalized spacial score (nSPS) is 12.5. The third-order valence-electron chi connectivity index (χ3n) is 2.47. The fourth-order valence-corrected chi connectivity index (χ4v) is 1.51. The van der Waals surface area contributed by atoms with E-state index in [-0.39, 0.29) is 17.3 Å². The molecule has 0 bridgehead atoms. The predicted octanol–water partition coefficient (Wildman–Crippen LogP) is 1.72. The first-order valence-electron chi connectivity index (χ1n) is 5.54. The molecule has 2 aromatic rings. The molecule has 0 saturated carbocycles. The van der Waals surface area contributed by atoms with E-state index in [4.69, 9.17) is 15.7 Å². The van der Waals surface area contributed by atoms with Crippen molar-refractivity contribution in [2.75, 3.05) is 0 Å². The molecular formula is C11H10F3N5O2. The Morgan fingerprint density at radius 2 is 2.14 bits per heavy atom. The Hall–Kier alpha value is -2.78. The molecule has 1 aromatic carbocycles. The van der Waals surface area contributed by atoms with Crippen LogP contribution in [-0.2, 0) is 13.2 Å². The topological polar surface area (TPSA) is 98.6 Å². The van der Waals surface area contributed by atoms with Crippen LogP contribution in [-0.4, -0.2) is 25.8 Å². The van der Waals surface area contributed by atoms with E-state index in [1.54, 1.807) is 7.05 Å². The van der Waals surface area contributed by atoms with Gasteiger partial charge in [-0.15, -0.1) is 5.10 Å². The zero-order valence-electron chi connectivity index (χ0n) is 10.7. The molecule has 0 aliphatic rings. The van der Waals surface area contributed by atoms with Crippen molar-refractivity contribution < 1.29 is 23.1 Å².